The van der Waals surface area contributed by atoms with Crippen LogP contribution in [-0.4, -0.2) is 95.0 Å². The van der Waals surface area contributed by atoms with Crippen LogP contribution in [0, 0.1) is 5.41 Å². The van der Waals surface area contributed by atoms with Gasteiger partial charge in [-0.15, -0.1) is 0 Å². The number of alkyl carbamates (subject to hydrolysis) is 2. The van der Waals surface area contributed by atoms with E-state index in [1.165, 1.54) is 12.8 Å². The molecule has 0 spiro atoms. The number of likely N-dealkylation sites (tertiary alicyclic amines) is 1. The Bertz CT molecular complexity index is 2360. The van der Waals surface area contributed by atoms with Crippen molar-refractivity contribution >= 4 is 52.4 Å². The van der Waals surface area contributed by atoms with Gasteiger partial charge in [0.25, 0.3) is 0 Å². The summed E-state index contributed by atoms with van der Waals surface area (Å²) in [6.45, 7) is 22.0. The summed E-state index contributed by atoms with van der Waals surface area (Å²) in [5.41, 5.74) is 4.92. The second kappa shape index (κ2) is 21.9. The summed E-state index contributed by atoms with van der Waals surface area (Å²) >= 11 is 0. The van der Waals surface area contributed by atoms with Crippen LogP contribution in [0.2, 0.25) is 0 Å². The normalized spacial score (nSPS) is 23.8. The first kappa shape index (κ1) is 52.4. The van der Waals surface area contributed by atoms with Gasteiger partial charge in [-0.25, -0.2) is 14.6 Å². The van der Waals surface area contributed by atoms with E-state index >= 15 is 0 Å². The fourth-order valence-corrected chi connectivity index (χ4v) is 11.6. The van der Waals surface area contributed by atoms with Gasteiger partial charge in [-0.3, -0.25) is 14.4 Å². The van der Waals surface area contributed by atoms with E-state index in [9.17, 15) is 29.1 Å². The highest BCUT2D eigenvalue weighted by atomic mass is 16.6. The molecule has 382 valence electrons. The Morgan fingerprint density at radius 2 is 1.27 bits per heavy atom. The molecule has 14 heteroatoms. The minimum Gasteiger partial charge on any atom is -0.506 e. The number of rotatable bonds is 16. The first-order valence-corrected chi connectivity index (χ1v) is 26.4. The van der Waals surface area contributed by atoms with Gasteiger partial charge in [0.15, 0.2) is 0 Å². The van der Waals surface area contributed by atoms with Gasteiger partial charge < -0.3 is 40.3 Å². The number of ketones is 1. The number of fused-ring (bicyclic) bond motifs is 2. The van der Waals surface area contributed by atoms with Gasteiger partial charge >= 0.3 is 12.2 Å². The van der Waals surface area contributed by atoms with Gasteiger partial charge in [0.1, 0.15) is 5.76 Å². The SMILES string of the molecule is CC(C)N1C2=CC(=NC(=O)CCCCOC(=O)NC3CCCCC3)C(=C3C(=O)C(c4cc5c(cc4NC(=O)CCCCOC(=O)NC4CCCCC4)N(C(C)C)C(C)C5(C)C)=C3O)C=C2C(C)(C)C1C. The van der Waals surface area contributed by atoms with Gasteiger partial charge in [0.2, 0.25) is 17.6 Å². The molecule has 4 amide bonds. The number of amides is 4. The number of nitrogens with zero attached hydrogens (tertiary/aromatic N) is 3. The number of unbranched alkanes of at least 4 members (excludes halogenated alkanes) is 2. The van der Waals surface area contributed by atoms with E-state index in [1.807, 2.05) is 24.3 Å². The number of carbonyl (C=O) groups excluding carboxylic acids is 5. The van der Waals surface area contributed by atoms with Gasteiger partial charge in [-0.05, 0) is 128 Å². The van der Waals surface area contributed by atoms with Crippen LogP contribution in [0.5, 0.6) is 0 Å². The standard InChI is InChI=1S/C56H80N6O8/c1-33(2)61-35(5)55(7,8)41-29-39(43(31-45(41)61)59-47(63)25-17-19-27-69-53(67)57-37-21-13-11-14-22-37)49-51(65)50(52(49)66)40-30-42-46(62(34(3)4)36(6)56(42,9)10)32-44(40)60-48(64)26-18-20-28-70-54(68)58-38-23-15-12-16-24-38/h29-38,65H,11-28H2,1-10H3,(H,57,67)(H,58,68)(H,59,63). The minimum absolute atomic E-state index is 0.0786. The van der Waals surface area contributed by atoms with Crippen LogP contribution in [0.4, 0.5) is 21.0 Å². The van der Waals surface area contributed by atoms with Gasteiger partial charge in [0, 0.05) is 82.4 Å². The van der Waals surface area contributed by atoms with E-state index < -0.39 is 18.0 Å². The molecule has 1 aromatic rings. The van der Waals surface area contributed by atoms with E-state index in [0.717, 1.165) is 73.9 Å². The summed E-state index contributed by atoms with van der Waals surface area (Å²) < 4.78 is 10.9. The lowest BCUT2D eigenvalue weighted by molar-refractivity contribution is -0.118. The number of ether oxygens (including phenoxy) is 2. The molecule has 2 unspecified atom stereocenters. The molecule has 70 heavy (non-hydrogen) atoms. The summed E-state index contributed by atoms with van der Waals surface area (Å²) in [5, 5.41) is 21.3. The van der Waals surface area contributed by atoms with Crippen molar-refractivity contribution in [1.29, 1.82) is 0 Å². The molecular weight excluding hydrogens is 885 g/mol. The zero-order valence-electron chi connectivity index (χ0n) is 43.6. The first-order chi connectivity index (χ1) is 33.2. The van der Waals surface area contributed by atoms with Crippen molar-refractivity contribution in [3.8, 4) is 0 Å². The lowest BCUT2D eigenvalue weighted by Crippen LogP contribution is -2.42. The van der Waals surface area contributed by atoms with E-state index in [-0.39, 0.29) is 102 Å². The molecular formula is C56H80N6O8. The molecule has 0 aromatic heterocycles. The Morgan fingerprint density at radius 1 is 0.729 bits per heavy atom. The molecule has 0 radical (unpaired) electrons. The Labute approximate surface area is 416 Å². The molecule has 6 aliphatic rings. The number of anilines is 2. The number of aliphatic hydroxyl groups excluding tert-OH is 1. The topological polar surface area (TPSA) is 179 Å². The third-order valence-corrected chi connectivity index (χ3v) is 16.1. The number of Topliss-reactive ketones (excluding diaryl/α,β-unsaturated/α-hetero) is 1. The van der Waals surface area contributed by atoms with Crippen LogP contribution in [0.15, 0.2) is 57.5 Å². The van der Waals surface area contributed by atoms with Crippen molar-refractivity contribution in [3.05, 3.63) is 63.6 Å². The molecule has 1 aromatic carbocycles. The first-order valence-electron chi connectivity index (χ1n) is 26.4. The van der Waals surface area contributed by atoms with Gasteiger partial charge in [-0.2, -0.15) is 0 Å². The lowest BCUT2D eigenvalue weighted by Gasteiger charge is -2.34. The van der Waals surface area contributed by atoms with Crippen LogP contribution >= 0.6 is 0 Å². The van der Waals surface area contributed by atoms with Gasteiger partial charge in [-0.1, -0.05) is 66.2 Å². The number of aliphatic hydroxyl groups is 1. The van der Waals surface area contributed by atoms with Crippen molar-refractivity contribution in [3.63, 3.8) is 0 Å². The van der Waals surface area contributed by atoms with Crippen molar-refractivity contribution in [2.45, 2.75) is 214 Å². The quantitative estimate of drug-likeness (QED) is 0.0920. The molecule has 4 aliphatic carbocycles. The number of hydrogen-bond donors (Lipinski definition) is 4. The predicted molar refractivity (Wildman–Crippen MR) is 276 cm³/mol. The molecule has 14 nitrogen and oxygen atoms in total. The number of carbonyl (C=O) groups is 5. The average molecular weight is 965 g/mol. The second-order valence-corrected chi connectivity index (χ2v) is 22.2. The lowest BCUT2D eigenvalue weighted by atomic mass is 9.73. The van der Waals surface area contributed by atoms with Crippen LogP contribution in [0.1, 0.15) is 183 Å². The molecule has 2 heterocycles. The number of hydrogen-bond acceptors (Lipinski definition) is 10. The van der Waals surface area contributed by atoms with Crippen LogP contribution in [0.3, 0.4) is 0 Å². The molecule has 2 aliphatic heterocycles. The average Bonchev–Trinajstić information content (AvgIpc) is 3.62. The van der Waals surface area contributed by atoms with Crippen LogP contribution < -0.4 is 20.9 Å². The molecule has 7 rings (SSSR count). The van der Waals surface area contributed by atoms with Crippen LogP contribution in [0.25, 0.3) is 5.57 Å². The van der Waals surface area contributed by atoms with Crippen molar-refractivity contribution < 1.29 is 38.6 Å². The highest BCUT2D eigenvalue weighted by Crippen LogP contribution is 2.53. The monoisotopic (exact) mass is 965 g/mol. The summed E-state index contributed by atoms with van der Waals surface area (Å²) in [4.78, 5) is 76.4. The molecule has 2 saturated carbocycles. The second-order valence-electron chi connectivity index (χ2n) is 22.2. The highest BCUT2D eigenvalue weighted by molar-refractivity contribution is 6.42. The van der Waals surface area contributed by atoms with E-state index in [0.29, 0.717) is 48.2 Å². The molecule has 0 bridgehead atoms. The molecule has 2 atom stereocenters. The summed E-state index contributed by atoms with van der Waals surface area (Å²) in [6, 6.07) is 4.66. The minimum atomic E-state index is -0.425. The fourth-order valence-electron chi connectivity index (χ4n) is 11.6. The fraction of sp³-hybridized carbons (Fsp3) is 0.643. The Morgan fingerprint density at radius 3 is 1.81 bits per heavy atom. The molecule has 1 saturated heterocycles. The largest absolute Gasteiger partial charge is 0.506 e. The van der Waals surface area contributed by atoms with Crippen molar-refractivity contribution in [1.82, 2.24) is 15.5 Å². The Hall–Kier alpha value is -5.40. The number of nitrogens with one attached hydrogen (secondary N) is 3. The zero-order chi connectivity index (χ0) is 50.7. The third-order valence-electron chi connectivity index (χ3n) is 16.1. The summed E-state index contributed by atoms with van der Waals surface area (Å²) in [6.07, 6.45) is 15.8. The maximum absolute atomic E-state index is 14.9. The molecule has 4 N–H and O–H groups in total. The third kappa shape index (κ3) is 11.1. The van der Waals surface area contributed by atoms with E-state index in [1.54, 1.807) is 0 Å². The number of allylic oxidation sites excluding steroid dienone is 6. The zero-order valence-corrected chi connectivity index (χ0v) is 43.6. The maximum atomic E-state index is 14.9. The predicted octanol–water partition coefficient (Wildman–Crippen LogP) is 11.1. The number of aliphatic imine (C=N–C) groups is 1. The van der Waals surface area contributed by atoms with E-state index in [2.05, 4.69) is 100.0 Å². The number of benzene rings is 1. The van der Waals surface area contributed by atoms with Gasteiger partial charge in [0.05, 0.1) is 35.8 Å². The van der Waals surface area contributed by atoms with Crippen molar-refractivity contribution in [2.24, 2.45) is 10.4 Å². The molecule has 3 fully saturated rings. The van der Waals surface area contributed by atoms with E-state index in [4.69, 9.17) is 9.47 Å². The smallest absolute Gasteiger partial charge is 0.407 e. The Kier molecular flexibility index (Phi) is 16.4. The maximum Gasteiger partial charge on any atom is 0.407 e. The van der Waals surface area contributed by atoms with Crippen LogP contribution in [-0.2, 0) is 29.3 Å². The summed E-state index contributed by atoms with van der Waals surface area (Å²) in [7, 11) is 0. The summed E-state index contributed by atoms with van der Waals surface area (Å²) in [5.74, 6) is -1.26. The highest BCUT2D eigenvalue weighted by Gasteiger charge is 2.49. The Balaban J connectivity index is 1.15. The van der Waals surface area contributed by atoms with Crippen molar-refractivity contribution in [2.75, 3.05) is 23.4 Å².